The fraction of sp³-hybridized carbons (Fsp3) is 0.214. The van der Waals surface area contributed by atoms with Crippen molar-refractivity contribution in [2.75, 3.05) is 6.54 Å². The van der Waals surface area contributed by atoms with Gasteiger partial charge in [-0.3, -0.25) is 4.79 Å². The Bertz CT molecular complexity index is 625. The lowest BCUT2D eigenvalue weighted by molar-refractivity contribution is 0.0935. The molecule has 1 unspecified atom stereocenters. The standard InChI is InChI=1S/C14H14N4OS/c1-10(16-14(19)13-9-20-18-17-13)12-6-4-11(5-7-12)3-2-8-15/h4-7,9-10H,8,15H2,1H3,(H,16,19). The van der Waals surface area contributed by atoms with Gasteiger partial charge in [-0.25, -0.2) is 0 Å². The number of aromatic nitrogens is 2. The van der Waals surface area contributed by atoms with Crippen molar-refractivity contribution >= 4 is 17.4 Å². The second kappa shape index (κ2) is 6.80. The summed E-state index contributed by atoms with van der Waals surface area (Å²) in [5, 5.41) is 8.23. The third-order valence-corrected chi connectivity index (χ3v) is 3.19. The van der Waals surface area contributed by atoms with Crippen molar-refractivity contribution in [2.24, 2.45) is 5.73 Å². The summed E-state index contributed by atoms with van der Waals surface area (Å²) >= 11 is 1.15. The zero-order valence-corrected chi connectivity index (χ0v) is 11.8. The quantitative estimate of drug-likeness (QED) is 0.834. The number of nitrogens with one attached hydrogen (secondary N) is 1. The average molecular weight is 286 g/mol. The molecule has 20 heavy (non-hydrogen) atoms. The Morgan fingerprint density at radius 3 is 2.80 bits per heavy atom. The molecule has 0 aliphatic carbocycles. The minimum atomic E-state index is -0.224. The molecule has 0 saturated heterocycles. The second-order valence-electron chi connectivity index (χ2n) is 4.11. The first kappa shape index (κ1) is 14.2. The van der Waals surface area contributed by atoms with Gasteiger partial charge in [0.2, 0.25) is 0 Å². The van der Waals surface area contributed by atoms with Gasteiger partial charge >= 0.3 is 0 Å². The monoisotopic (exact) mass is 286 g/mol. The Kier molecular flexibility index (Phi) is 4.82. The largest absolute Gasteiger partial charge is 0.344 e. The lowest BCUT2D eigenvalue weighted by Gasteiger charge is -2.13. The molecule has 5 nitrogen and oxygen atoms in total. The number of hydrogen-bond acceptors (Lipinski definition) is 5. The van der Waals surface area contributed by atoms with Crippen molar-refractivity contribution in [1.82, 2.24) is 14.9 Å². The highest BCUT2D eigenvalue weighted by Crippen LogP contribution is 2.13. The number of rotatable bonds is 3. The van der Waals surface area contributed by atoms with Crippen LogP contribution in [-0.4, -0.2) is 22.0 Å². The van der Waals surface area contributed by atoms with Gasteiger partial charge in [0.05, 0.1) is 12.6 Å². The van der Waals surface area contributed by atoms with Gasteiger partial charge in [0.15, 0.2) is 5.69 Å². The molecule has 0 bridgehead atoms. The van der Waals surface area contributed by atoms with Gasteiger partial charge in [-0.2, -0.15) is 0 Å². The fourth-order valence-electron chi connectivity index (χ4n) is 1.63. The van der Waals surface area contributed by atoms with Crippen LogP contribution in [-0.2, 0) is 0 Å². The molecule has 0 fully saturated rings. The summed E-state index contributed by atoms with van der Waals surface area (Å²) in [5.74, 6) is 5.53. The number of nitrogens with zero attached hydrogens (tertiary/aromatic N) is 2. The van der Waals surface area contributed by atoms with Crippen molar-refractivity contribution in [3.63, 3.8) is 0 Å². The summed E-state index contributed by atoms with van der Waals surface area (Å²) in [6, 6.07) is 7.58. The fourth-order valence-corrected chi connectivity index (χ4v) is 2.06. The lowest BCUT2D eigenvalue weighted by Crippen LogP contribution is -2.26. The molecule has 1 aromatic carbocycles. The van der Waals surface area contributed by atoms with Gasteiger partial charge < -0.3 is 11.1 Å². The van der Waals surface area contributed by atoms with Crippen molar-refractivity contribution in [1.29, 1.82) is 0 Å². The van der Waals surface area contributed by atoms with Gasteiger partial charge in [-0.05, 0) is 36.2 Å². The van der Waals surface area contributed by atoms with Crippen LogP contribution < -0.4 is 11.1 Å². The molecule has 3 N–H and O–H groups in total. The van der Waals surface area contributed by atoms with Gasteiger partial charge in [0, 0.05) is 10.9 Å². The Morgan fingerprint density at radius 1 is 1.45 bits per heavy atom. The first-order valence-electron chi connectivity index (χ1n) is 6.07. The summed E-state index contributed by atoms with van der Waals surface area (Å²) in [4.78, 5) is 11.9. The van der Waals surface area contributed by atoms with Gasteiger partial charge in [0.1, 0.15) is 0 Å². The van der Waals surface area contributed by atoms with E-state index in [9.17, 15) is 4.79 Å². The lowest BCUT2D eigenvalue weighted by atomic mass is 10.1. The number of nitrogens with two attached hydrogens (primary N) is 1. The van der Waals surface area contributed by atoms with Crippen LogP contribution >= 0.6 is 11.5 Å². The zero-order chi connectivity index (χ0) is 14.4. The molecule has 0 aliphatic heterocycles. The molecule has 1 aromatic heterocycles. The van der Waals surface area contributed by atoms with E-state index in [1.54, 1.807) is 5.38 Å². The molecule has 0 radical (unpaired) electrons. The van der Waals surface area contributed by atoms with Crippen LogP contribution in [0.5, 0.6) is 0 Å². The maximum atomic E-state index is 11.9. The van der Waals surface area contributed by atoms with Gasteiger partial charge in [0.25, 0.3) is 5.91 Å². The van der Waals surface area contributed by atoms with E-state index in [-0.39, 0.29) is 11.9 Å². The van der Waals surface area contributed by atoms with Gasteiger partial charge in [-0.1, -0.05) is 28.5 Å². The van der Waals surface area contributed by atoms with Crippen LogP contribution in [0.3, 0.4) is 0 Å². The number of carbonyl (C=O) groups excluding carboxylic acids is 1. The van der Waals surface area contributed by atoms with Crippen molar-refractivity contribution in [2.45, 2.75) is 13.0 Å². The van der Waals surface area contributed by atoms with Crippen LogP contribution in [0.2, 0.25) is 0 Å². The van der Waals surface area contributed by atoms with Crippen LogP contribution in [0.1, 0.15) is 34.6 Å². The first-order chi connectivity index (χ1) is 9.70. The molecule has 2 aromatic rings. The average Bonchev–Trinajstić information content (AvgIpc) is 3.00. The topological polar surface area (TPSA) is 80.9 Å². The summed E-state index contributed by atoms with van der Waals surface area (Å²) < 4.78 is 3.67. The maximum absolute atomic E-state index is 11.9. The highest BCUT2D eigenvalue weighted by molar-refractivity contribution is 7.03. The molecule has 102 valence electrons. The Morgan fingerprint density at radius 2 is 2.20 bits per heavy atom. The number of hydrogen-bond donors (Lipinski definition) is 2. The van der Waals surface area contributed by atoms with E-state index in [2.05, 4.69) is 26.7 Å². The molecular weight excluding hydrogens is 272 g/mol. The molecule has 0 saturated carbocycles. The van der Waals surface area contributed by atoms with E-state index in [4.69, 9.17) is 5.73 Å². The minimum absolute atomic E-state index is 0.110. The SMILES string of the molecule is CC(NC(=O)c1csnn1)c1ccc(C#CCN)cc1. The summed E-state index contributed by atoms with van der Waals surface area (Å²) in [6.45, 7) is 2.26. The maximum Gasteiger partial charge on any atom is 0.273 e. The Labute approximate surface area is 121 Å². The van der Waals surface area contributed by atoms with E-state index in [0.29, 0.717) is 12.2 Å². The van der Waals surface area contributed by atoms with Crippen molar-refractivity contribution in [3.8, 4) is 11.8 Å². The molecule has 2 rings (SSSR count). The first-order valence-corrected chi connectivity index (χ1v) is 6.91. The Balaban J connectivity index is 2.02. The number of amides is 1. The van der Waals surface area contributed by atoms with Crippen LogP contribution in [0.15, 0.2) is 29.6 Å². The molecule has 1 amide bonds. The smallest absolute Gasteiger partial charge is 0.273 e. The summed E-state index contributed by atoms with van der Waals surface area (Å²) in [7, 11) is 0. The highest BCUT2D eigenvalue weighted by Gasteiger charge is 2.13. The molecule has 6 heteroatoms. The molecule has 1 heterocycles. The van der Waals surface area contributed by atoms with E-state index >= 15 is 0 Å². The Hall–Kier alpha value is -2.23. The summed E-state index contributed by atoms with van der Waals surface area (Å²) in [5.41, 5.74) is 7.57. The number of benzene rings is 1. The molecule has 0 aliphatic rings. The van der Waals surface area contributed by atoms with E-state index < -0.39 is 0 Å². The predicted molar refractivity (Wildman–Crippen MR) is 78.2 cm³/mol. The van der Waals surface area contributed by atoms with Gasteiger partial charge in [-0.15, -0.1) is 5.10 Å². The van der Waals surface area contributed by atoms with E-state index in [1.807, 2.05) is 31.2 Å². The van der Waals surface area contributed by atoms with E-state index in [0.717, 1.165) is 22.7 Å². The zero-order valence-electron chi connectivity index (χ0n) is 11.0. The summed E-state index contributed by atoms with van der Waals surface area (Å²) in [6.07, 6.45) is 0. The van der Waals surface area contributed by atoms with Crippen molar-refractivity contribution in [3.05, 3.63) is 46.5 Å². The second-order valence-corrected chi connectivity index (χ2v) is 4.72. The molecule has 0 spiro atoms. The molecule has 1 atom stereocenters. The molecular formula is C14H14N4OS. The van der Waals surface area contributed by atoms with Crippen LogP contribution in [0.25, 0.3) is 0 Å². The minimum Gasteiger partial charge on any atom is -0.344 e. The van der Waals surface area contributed by atoms with Crippen molar-refractivity contribution < 1.29 is 4.79 Å². The normalized spacial score (nSPS) is 11.3. The number of carbonyl (C=O) groups is 1. The van der Waals surface area contributed by atoms with Crippen LogP contribution in [0, 0.1) is 11.8 Å². The third-order valence-electron chi connectivity index (χ3n) is 2.69. The predicted octanol–water partition coefficient (Wildman–Crippen LogP) is 1.34. The van der Waals surface area contributed by atoms with E-state index in [1.165, 1.54) is 0 Å². The van der Waals surface area contributed by atoms with Crippen LogP contribution in [0.4, 0.5) is 0 Å². The third kappa shape index (κ3) is 3.63. The highest BCUT2D eigenvalue weighted by atomic mass is 32.1.